The van der Waals surface area contributed by atoms with Crippen molar-refractivity contribution >= 4 is 0 Å². The molecule has 1 aromatic rings. The molecule has 100 valence electrons. The van der Waals surface area contributed by atoms with E-state index in [4.69, 9.17) is 14.2 Å². The smallest absolute Gasteiger partial charge is 0.124 e. The number of hydrogen-bond acceptors (Lipinski definition) is 4. The van der Waals surface area contributed by atoms with E-state index in [-0.39, 0.29) is 0 Å². The molecule has 1 unspecified atom stereocenters. The third kappa shape index (κ3) is 2.36. The van der Waals surface area contributed by atoms with Crippen molar-refractivity contribution in [2.45, 2.75) is 24.5 Å². The molecule has 2 rings (SSSR count). The number of benzene rings is 1. The number of aliphatic hydroxyl groups is 1. The third-order valence-corrected chi connectivity index (χ3v) is 3.68. The highest BCUT2D eigenvalue weighted by atomic mass is 16.5. The van der Waals surface area contributed by atoms with E-state index in [1.165, 1.54) is 0 Å². The molecule has 1 heterocycles. The van der Waals surface area contributed by atoms with E-state index in [0.717, 1.165) is 5.56 Å². The van der Waals surface area contributed by atoms with Gasteiger partial charge >= 0.3 is 0 Å². The predicted octanol–water partition coefficient (Wildman–Crippen LogP) is 1.92. The molecule has 1 atom stereocenters. The van der Waals surface area contributed by atoms with E-state index >= 15 is 0 Å². The summed E-state index contributed by atoms with van der Waals surface area (Å²) in [5.41, 5.74) is 0.191. The van der Waals surface area contributed by atoms with Gasteiger partial charge in [-0.05, 0) is 6.07 Å². The normalized spacial score (nSPS) is 20.4. The Hall–Kier alpha value is -1.10. The number of methoxy groups -OCH3 is 2. The van der Waals surface area contributed by atoms with Crippen LogP contribution in [0.25, 0.3) is 0 Å². The fourth-order valence-electron chi connectivity index (χ4n) is 2.48. The van der Waals surface area contributed by atoms with Gasteiger partial charge in [0.05, 0.1) is 7.11 Å². The Morgan fingerprint density at radius 1 is 1.22 bits per heavy atom. The van der Waals surface area contributed by atoms with E-state index in [1.54, 1.807) is 14.2 Å². The highest BCUT2D eigenvalue weighted by Gasteiger charge is 2.41. The Balaban J connectivity index is 2.30. The molecule has 1 fully saturated rings. The largest absolute Gasteiger partial charge is 0.496 e. The predicted molar refractivity (Wildman–Crippen MR) is 67.7 cm³/mol. The molecule has 1 N–H and O–H groups in total. The van der Waals surface area contributed by atoms with Crippen molar-refractivity contribution < 1.29 is 19.3 Å². The van der Waals surface area contributed by atoms with Gasteiger partial charge in [0, 0.05) is 38.7 Å². The van der Waals surface area contributed by atoms with Crippen LogP contribution >= 0.6 is 0 Å². The Bertz CT molecular complexity index is 385. The van der Waals surface area contributed by atoms with Crippen LogP contribution in [0.2, 0.25) is 0 Å². The zero-order valence-electron chi connectivity index (χ0n) is 10.9. The first-order valence-electron chi connectivity index (χ1n) is 6.17. The van der Waals surface area contributed by atoms with Gasteiger partial charge < -0.3 is 19.3 Å². The van der Waals surface area contributed by atoms with Crippen LogP contribution in [0, 0.1) is 0 Å². The van der Waals surface area contributed by atoms with Crippen LogP contribution in [0.1, 0.15) is 24.5 Å². The SMILES string of the molecule is COc1ccccc1C(O)C1(OC)CCOCC1. The molecule has 0 radical (unpaired) electrons. The summed E-state index contributed by atoms with van der Waals surface area (Å²) in [5, 5.41) is 10.6. The van der Waals surface area contributed by atoms with Crippen LogP contribution in [-0.4, -0.2) is 38.1 Å². The standard InChI is InChI=1S/C14H20O4/c1-16-12-6-4-3-5-11(12)13(15)14(17-2)7-9-18-10-8-14/h3-6,13,15H,7-10H2,1-2H3. The van der Waals surface area contributed by atoms with Gasteiger partial charge in [0.15, 0.2) is 0 Å². The summed E-state index contributed by atoms with van der Waals surface area (Å²) in [5.74, 6) is 0.688. The quantitative estimate of drug-likeness (QED) is 0.889. The summed E-state index contributed by atoms with van der Waals surface area (Å²) in [7, 11) is 3.25. The van der Waals surface area contributed by atoms with Crippen LogP contribution in [0.5, 0.6) is 5.75 Å². The maximum absolute atomic E-state index is 10.6. The van der Waals surface area contributed by atoms with Crippen molar-refractivity contribution in [2.75, 3.05) is 27.4 Å². The Morgan fingerprint density at radius 3 is 2.50 bits per heavy atom. The van der Waals surface area contributed by atoms with Gasteiger partial charge in [-0.25, -0.2) is 0 Å². The van der Waals surface area contributed by atoms with E-state index in [2.05, 4.69) is 0 Å². The van der Waals surface area contributed by atoms with Crippen molar-refractivity contribution in [1.82, 2.24) is 0 Å². The molecule has 18 heavy (non-hydrogen) atoms. The average molecular weight is 252 g/mol. The number of ether oxygens (including phenoxy) is 3. The van der Waals surface area contributed by atoms with Gasteiger partial charge in [0.25, 0.3) is 0 Å². The summed E-state index contributed by atoms with van der Waals surface area (Å²) in [6.07, 6.45) is 0.661. The monoisotopic (exact) mass is 252 g/mol. The van der Waals surface area contributed by atoms with Gasteiger partial charge in [-0.1, -0.05) is 18.2 Å². The molecule has 0 saturated carbocycles. The maximum Gasteiger partial charge on any atom is 0.124 e. The summed E-state index contributed by atoms with van der Waals surface area (Å²) >= 11 is 0. The molecule has 4 nitrogen and oxygen atoms in total. The number of aliphatic hydroxyl groups excluding tert-OH is 1. The highest BCUT2D eigenvalue weighted by Crippen LogP contribution is 2.40. The molecular formula is C14H20O4. The fourth-order valence-corrected chi connectivity index (χ4v) is 2.48. The van der Waals surface area contributed by atoms with Crippen molar-refractivity contribution in [1.29, 1.82) is 0 Å². The Labute approximate surface area is 107 Å². The lowest BCUT2D eigenvalue weighted by atomic mass is 9.84. The lowest BCUT2D eigenvalue weighted by Gasteiger charge is -2.40. The number of hydrogen-bond donors (Lipinski definition) is 1. The summed E-state index contributed by atoms with van der Waals surface area (Å²) in [4.78, 5) is 0. The van der Waals surface area contributed by atoms with Crippen molar-refractivity contribution in [3.63, 3.8) is 0 Å². The molecule has 0 spiro atoms. The minimum atomic E-state index is -0.706. The van der Waals surface area contributed by atoms with E-state index in [0.29, 0.717) is 31.8 Å². The van der Waals surface area contributed by atoms with Crippen LogP contribution in [-0.2, 0) is 9.47 Å². The molecule has 4 heteroatoms. The molecule has 1 saturated heterocycles. The Morgan fingerprint density at radius 2 is 1.89 bits per heavy atom. The topological polar surface area (TPSA) is 47.9 Å². The third-order valence-electron chi connectivity index (χ3n) is 3.68. The first-order valence-corrected chi connectivity index (χ1v) is 6.17. The molecular weight excluding hydrogens is 232 g/mol. The highest BCUT2D eigenvalue weighted by molar-refractivity contribution is 5.36. The van der Waals surface area contributed by atoms with Crippen LogP contribution in [0.15, 0.2) is 24.3 Å². The second kappa shape index (κ2) is 5.69. The Kier molecular flexibility index (Phi) is 4.22. The number of rotatable bonds is 4. The van der Waals surface area contributed by atoms with Gasteiger partial charge in [0.1, 0.15) is 17.5 Å². The zero-order valence-corrected chi connectivity index (χ0v) is 10.9. The van der Waals surface area contributed by atoms with Crippen molar-refractivity contribution in [3.8, 4) is 5.75 Å². The number of para-hydroxylation sites is 1. The lowest BCUT2D eigenvalue weighted by Crippen LogP contribution is -2.43. The maximum atomic E-state index is 10.6. The van der Waals surface area contributed by atoms with Gasteiger partial charge in [-0.2, -0.15) is 0 Å². The van der Waals surface area contributed by atoms with Crippen molar-refractivity contribution in [3.05, 3.63) is 29.8 Å². The second-order valence-corrected chi connectivity index (χ2v) is 4.53. The van der Waals surface area contributed by atoms with Crippen LogP contribution in [0.4, 0.5) is 0 Å². The second-order valence-electron chi connectivity index (χ2n) is 4.53. The minimum Gasteiger partial charge on any atom is -0.496 e. The van der Waals surface area contributed by atoms with Crippen LogP contribution in [0.3, 0.4) is 0 Å². The molecule has 1 aliphatic heterocycles. The van der Waals surface area contributed by atoms with E-state index in [9.17, 15) is 5.11 Å². The van der Waals surface area contributed by atoms with Crippen LogP contribution < -0.4 is 4.74 Å². The van der Waals surface area contributed by atoms with Gasteiger partial charge in [0.2, 0.25) is 0 Å². The molecule has 0 bridgehead atoms. The molecule has 0 aliphatic carbocycles. The minimum absolute atomic E-state index is 0.577. The molecule has 1 aliphatic rings. The lowest BCUT2D eigenvalue weighted by molar-refractivity contribution is -0.154. The van der Waals surface area contributed by atoms with E-state index in [1.807, 2.05) is 24.3 Å². The average Bonchev–Trinajstić information content (AvgIpc) is 2.47. The van der Waals surface area contributed by atoms with Gasteiger partial charge in [-0.15, -0.1) is 0 Å². The summed E-state index contributed by atoms with van der Waals surface area (Å²) in [6.45, 7) is 1.22. The molecule has 0 amide bonds. The zero-order chi connectivity index (χ0) is 13.0. The molecule has 0 aromatic heterocycles. The van der Waals surface area contributed by atoms with Crippen molar-refractivity contribution in [2.24, 2.45) is 0 Å². The summed E-state index contributed by atoms with van der Waals surface area (Å²) < 4.78 is 16.3. The molecule has 1 aromatic carbocycles. The first-order chi connectivity index (χ1) is 8.73. The fraction of sp³-hybridized carbons (Fsp3) is 0.571. The first kappa shape index (κ1) is 13.3. The summed E-state index contributed by atoms with van der Waals surface area (Å²) in [6, 6.07) is 7.50. The van der Waals surface area contributed by atoms with E-state index < -0.39 is 11.7 Å². The van der Waals surface area contributed by atoms with Gasteiger partial charge in [-0.3, -0.25) is 0 Å².